The summed E-state index contributed by atoms with van der Waals surface area (Å²) in [5.41, 5.74) is 1.38. The van der Waals surface area contributed by atoms with Crippen LogP contribution in [0, 0.1) is 5.41 Å². The minimum atomic E-state index is -0.753. The van der Waals surface area contributed by atoms with Crippen LogP contribution in [0.25, 0.3) is 10.9 Å². The van der Waals surface area contributed by atoms with Gasteiger partial charge in [-0.3, -0.25) is 9.59 Å². The van der Waals surface area contributed by atoms with Crippen molar-refractivity contribution in [3.05, 3.63) is 36.0 Å². The van der Waals surface area contributed by atoms with Gasteiger partial charge in [0.1, 0.15) is 0 Å². The minimum Gasteiger partial charge on any atom is -0.481 e. The maximum Gasteiger partial charge on any atom is 0.311 e. The van der Waals surface area contributed by atoms with Crippen LogP contribution in [0.5, 0.6) is 0 Å². The molecule has 1 aromatic carbocycles. The van der Waals surface area contributed by atoms with Gasteiger partial charge in [0, 0.05) is 36.2 Å². The third kappa shape index (κ3) is 2.21. The van der Waals surface area contributed by atoms with Crippen LogP contribution < -0.4 is 0 Å². The standard InChI is InChI=1S/C20H24N2O3/c1-3-20(19(24)25)11-14-8-9-17(20)22(14)18(23)10-13-12-21(2)16-7-5-4-6-15(13)16/h4-7,12,14,17H,3,8-11H2,1-2H3,(H,24,25)/t14-,17+,20+/m0/s1. The molecule has 3 heterocycles. The number of aliphatic carboxylic acids is 1. The zero-order valence-corrected chi connectivity index (χ0v) is 14.7. The molecule has 0 radical (unpaired) electrons. The molecule has 3 atom stereocenters. The molecule has 5 nitrogen and oxygen atoms in total. The van der Waals surface area contributed by atoms with Crippen molar-refractivity contribution in [2.24, 2.45) is 12.5 Å². The van der Waals surface area contributed by atoms with Gasteiger partial charge in [-0.15, -0.1) is 0 Å². The summed E-state index contributed by atoms with van der Waals surface area (Å²) in [5, 5.41) is 10.9. The summed E-state index contributed by atoms with van der Waals surface area (Å²) >= 11 is 0. The summed E-state index contributed by atoms with van der Waals surface area (Å²) in [6.45, 7) is 1.93. The Morgan fingerprint density at radius 3 is 2.72 bits per heavy atom. The summed E-state index contributed by atoms with van der Waals surface area (Å²) in [5.74, 6) is -0.675. The van der Waals surface area contributed by atoms with Crippen LogP contribution in [0.15, 0.2) is 30.5 Å². The molecule has 1 amide bonds. The molecule has 1 aromatic heterocycles. The third-order valence-electron chi connectivity index (χ3n) is 6.41. The molecule has 2 aromatic rings. The highest BCUT2D eigenvalue weighted by Crippen LogP contribution is 2.52. The quantitative estimate of drug-likeness (QED) is 0.931. The number of nitrogens with zero attached hydrogens (tertiary/aromatic N) is 2. The molecule has 1 N–H and O–H groups in total. The highest BCUT2D eigenvalue weighted by Gasteiger charge is 2.60. The molecule has 2 fully saturated rings. The fourth-order valence-corrected chi connectivity index (χ4v) is 5.14. The summed E-state index contributed by atoms with van der Waals surface area (Å²) in [6.07, 6.45) is 5.29. The van der Waals surface area contributed by atoms with E-state index in [-0.39, 0.29) is 18.0 Å². The van der Waals surface area contributed by atoms with Crippen LogP contribution in [-0.4, -0.2) is 38.5 Å². The second kappa shape index (κ2) is 5.61. The maximum atomic E-state index is 13.1. The van der Waals surface area contributed by atoms with Gasteiger partial charge in [-0.05, 0) is 37.3 Å². The Balaban J connectivity index is 1.63. The number of hydrogen-bond acceptors (Lipinski definition) is 2. The molecule has 2 saturated heterocycles. The normalized spacial score (nSPS) is 28.0. The third-order valence-corrected chi connectivity index (χ3v) is 6.41. The van der Waals surface area contributed by atoms with Crippen LogP contribution in [0.4, 0.5) is 0 Å². The molecule has 5 heteroatoms. The molecular formula is C20H24N2O3. The minimum absolute atomic E-state index is 0.0698. The van der Waals surface area contributed by atoms with Crippen molar-refractivity contribution in [3.8, 4) is 0 Å². The molecule has 4 rings (SSSR count). The van der Waals surface area contributed by atoms with E-state index in [1.54, 1.807) is 0 Å². The van der Waals surface area contributed by atoms with Gasteiger partial charge in [0.15, 0.2) is 0 Å². The van der Waals surface area contributed by atoms with Crippen molar-refractivity contribution in [1.82, 2.24) is 9.47 Å². The monoisotopic (exact) mass is 340 g/mol. The number of hydrogen-bond donors (Lipinski definition) is 1. The number of carbonyl (C=O) groups is 2. The fraction of sp³-hybridized carbons (Fsp3) is 0.500. The van der Waals surface area contributed by atoms with Gasteiger partial charge < -0.3 is 14.6 Å². The lowest BCUT2D eigenvalue weighted by Gasteiger charge is -2.32. The predicted molar refractivity (Wildman–Crippen MR) is 95.3 cm³/mol. The number of fused-ring (bicyclic) bond motifs is 3. The number of benzene rings is 1. The van der Waals surface area contributed by atoms with E-state index in [0.717, 1.165) is 29.3 Å². The first-order valence-electron chi connectivity index (χ1n) is 9.05. The number of rotatable bonds is 4. The number of amides is 1. The summed E-state index contributed by atoms with van der Waals surface area (Å²) in [7, 11) is 1.99. The molecule has 0 unspecified atom stereocenters. The van der Waals surface area contributed by atoms with Crippen molar-refractivity contribution in [1.29, 1.82) is 0 Å². The molecule has 25 heavy (non-hydrogen) atoms. The Kier molecular flexibility index (Phi) is 3.63. The second-order valence-corrected chi connectivity index (χ2v) is 7.53. The Labute approximate surface area is 147 Å². The summed E-state index contributed by atoms with van der Waals surface area (Å²) in [6, 6.07) is 8.02. The number of carboxylic acid groups (broad SMARTS) is 1. The largest absolute Gasteiger partial charge is 0.481 e. The van der Waals surface area contributed by atoms with Crippen molar-refractivity contribution in [3.63, 3.8) is 0 Å². The first-order chi connectivity index (χ1) is 12.0. The SMILES string of the molecule is CC[C@@]1(C(=O)O)C[C@@H]2CC[C@H]1N2C(=O)Cc1cn(C)c2ccccc12. The maximum absolute atomic E-state index is 13.1. The zero-order chi connectivity index (χ0) is 17.8. The average Bonchev–Trinajstić information content (AvgIpc) is 3.26. The average molecular weight is 340 g/mol. The molecule has 2 aliphatic heterocycles. The predicted octanol–water partition coefficient (Wildman–Crippen LogP) is 2.97. The van der Waals surface area contributed by atoms with Crippen LogP contribution in [0.1, 0.15) is 38.2 Å². The van der Waals surface area contributed by atoms with Crippen LogP contribution in [-0.2, 0) is 23.1 Å². The van der Waals surface area contributed by atoms with Gasteiger partial charge in [-0.2, -0.15) is 0 Å². The molecule has 0 spiro atoms. The zero-order valence-electron chi connectivity index (χ0n) is 14.7. The van der Waals surface area contributed by atoms with E-state index < -0.39 is 11.4 Å². The van der Waals surface area contributed by atoms with Gasteiger partial charge in [-0.1, -0.05) is 25.1 Å². The second-order valence-electron chi connectivity index (χ2n) is 7.53. The number of aromatic nitrogens is 1. The van der Waals surface area contributed by atoms with Gasteiger partial charge >= 0.3 is 5.97 Å². The fourth-order valence-electron chi connectivity index (χ4n) is 5.14. The van der Waals surface area contributed by atoms with Crippen molar-refractivity contribution >= 4 is 22.8 Å². The van der Waals surface area contributed by atoms with E-state index in [9.17, 15) is 14.7 Å². The van der Waals surface area contributed by atoms with Crippen LogP contribution in [0.2, 0.25) is 0 Å². The van der Waals surface area contributed by atoms with Gasteiger partial charge in [-0.25, -0.2) is 0 Å². The number of para-hydroxylation sites is 1. The lowest BCUT2D eigenvalue weighted by Crippen LogP contribution is -2.45. The van der Waals surface area contributed by atoms with Gasteiger partial charge in [0.05, 0.1) is 11.8 Å². The highest BCUT2D eigenvalue weighted by atomic mass is 16.4. The molecule has 2 aliphatic rings. The van der Waals surface area contributed by atoms with E-state index in [4.69, 9.17) is 0 Å². The Morgan fingerprint density at radius 1 is 1.28 bits per heavy atom. The first kappa shape index (κ1) is 16.2. The Hall–Kier alpha value is -2.30. The molecular weight excluding hydrogens is 316 g/mol. The van der Waals surface area contributed by atoms with Crippen molar-refractivity contribution in [2.45, 2.75) is 51.1 Å². The molecule has 0 saturated carbocycles. The molecule has 132 valence electrons. The summed E-state index contributed by atoms with van der Waals surface area (Å²) in [4.78, 5) is 26.9. The Bertz CT molecular complexity index is 856. The topological polar surface area (TPSA) is 62.5 Å². The lowest BCUT2D eigenvalue weighted by atomic mass is 9.72. The Morgan fingerprint density at radius 2 is 2.04 bits per heavy atom. The number of aryl methyl sites for hydroxylation is 1. The molecule has 2 bridgehead atoms. The number of carbonyl (C=O) groups excluding carboxylic acids is 1. The first-order valence-corrected chi connectivity index (χ1v) is 9.05. The van der Waals surface area contributed by atoms with Crippen molar-refractivity contribution < 1.29 is 14.7 Å². The summed E-state index contributed by atoms with van der Waals surface area (Å²) < 4.78 is 2.05. The highest BCUT2D eigenvalue weighted by molar-refractivity contribution is 5.90. The van der Waals surface area contributed by atoms with E-state index in [1.165, 1.54) is 0 Å². The van der Waals surface area contributed by atoms with E-state index >= 15 is 0 Å². The van der Waals surface area contributed by atoms with Crippen molar-refractivity contribution in [2.75, 3.05) is 0 Å². The lowest BCUT2D eigenvalue weighted by molar-refractivity contribution is -0.151. The van der Waals surface area contributed by atoms with E-state index in [2.05, 4.69) is 6.07 Å². The van der Waals surface area contributed by atoms with Crippen LogP contribution >= 0.6 is 0 Å². The van der Waals surface area contributed by atoms with E-state index in [0.29, 0.717) is 19.3 Å². The van der Waals surface area contributed by atoms with Gasteiger partial charge in [0.25, 0.3) is 0 Å². The van der Waals surface area contributed by atoms with Gasteiger partial charge in [0.2, 0.25) is 5.91 Å². The molecule has 0 aliphatic carbocycles. The number of carboxylic acids is 1. The van der Waals surface area contributed by atoms with Crippen LogP contribution in [0.3, 0.4) is 0 Å². The smallest absolute Gasteiger partial charge is 0.311 e. The van der Waals surface area contributed by atoms with E-state index in [1.807, 2.05) is 47.8 Å².